The van der Waals surface area contributed by atoms with Crippen molar-refractivity contribution in [2.75, 3.05) is 0 Å². The summed E-state index contributed by atoms with van der Waals surface area (Å²) < 4.78 is 7.30. The molecule has 4 rings (SSSR count). The van der Waals surface area contributed by atoms with Crippen LogP contribution in [-0.4, -0.2) is 30.4 Å². The maximum absolute atomic E-state index is 6.15. The summed E-state index contributed by atoms with van der Waals surface area (Å²) >= 11 is 13.5. The smallest absolute Gasteiger partial charge is 0.249 e. The summed E-state index contributed by atoms with van der Waals surface area (Å²) in [6.07, 6.45) is 0. The third kappa shape index (κ3) is 3.57. The van der Waals surface area contributed by atoms with Crippen molar-refractivity contribution in [3.63, 3.8) is 0 Å². The number of rotatable bonds is 5. The highest BCUT2D eigenvalue weighted by atomic mass is 35.5. The predicted molar refractivity (Wildman–Crippen MR) is 98.5 cm³/mol. The zero-order valence-corrected chi connectivity index (χ0v) is 15.4. The monoisotopic (exact) mass is 404 g/mol. The lowest BCUT2D eigenvalue weighted by Crippen LogP contribution is -1.98. The number of nitrogens with zero attached hydrogens (tertiary/aromatic N) is 6. The molecule has 0 aliphatic heterocycles. The summed E-state index contributed by atoms with van der Waals surface area (Å²) in [4.78, 5) is 0. The van der Waals surface area contributed by atoms with Crippen LogP contribution in [0.1, 0.15) is 5.89 Å². The largest absolute Gasteiger partial charge is 0.420 e. The Kier molecular flexibility index (Phi) is 4.87. The molecule has 26 heavy (non-hydrogen) atoms. The van der Waals surface area contributed by atoms with Crippen LogP contribution in [0.5, 0.6) is 0 Å². The zero-order chi connectivity index (χ0) is 17.9. The SMILES string of the molecule is Clc1ccc(-n2nnnc2SCc2nnc(-c3ccccc3Cl)o2)cc1. The Bertz CT molecular complexity index is 1030. The van der Waals surface area contributed by atoms with E-state index in [1.807, 2.05) is 30.3 Å². The Balaban J connectivity index is 1.50. The molecule has 130 valence electrons. The van der Waals surface area contributed by atoms with Gasteiger partial charge >= 0.3 is 0 Å². The Morgan fingerprint density at radius 3 is 2.58 bits per heavy atom. The van der Waals surface area contributed by atoms with Crippen LogP contribution in [0.2, 0.25) is 10.0 Å². The summed E-state index contributed by atoms with van der Waals surface area (Å²) in [5.41, 5.74) is 1.51. The number of benzene rings is 2. The first kappa shape index (κ1) is 17.0. The Labute approximate surface area is 162 Å². The first-order chi connectivity index (χ1) is 12.7. The van der Waals surface area contributed by atoms with E-state index in [4.69, 9.17) is 27.6 Å². The fraction of sp³-hybridized carbons (Fsp3) is 0.0625. The zero-order valence-electron chi connectivity index (χ0n) is 13.1. The lowest BCUT2D eigenvalue weighted by atomic mass is 10.2. The average molecular weight is 405 g/mol. The third-order valence-electron chi connectivity index (χ3n) is 3.41. The van der Waals surface area contributed by atoms with Gasteiger partial charge in [-0.05, 0) is 46.8 Å². The average Bonchev–Trinajstić information content (AvgIpc) is 3.30. The second kappa shape index (κ2) is 7.45. The van der Waals surface area contributed by atoms with Crippen molar-refractivity contribution in [1.82, 2.24) is 30.4 Å². The van der Waals surface area contributed by atoms with E-state index >= 15 is 0 Å². The van der Waals surface area contributed by atoms with E-state index in [1.165, 1.54) is 11.8 Å². The van der Waals surface area contributed by atoms with Crippen LogP contribution in [0.4, 0.5) is 0 Å². The molecule has 0 spiro atoms. The molecule has 0 aliphatic rings. The molecule has 0 N–H and O–H groups in total. The Morgan fingerprint density at radius 2 is 1.77 bits per heavy atom. The van der Waals surface area contributed by atoms with Gasteiger partial charge in [-0.15, -0.1) is 15.3 Å². The standard InChI is InChI=1S/C16H10Cl2N6OS/c17-10-5-7-11(8-6-10)24-16(21-22-23-24)26-9-14-19-20-15(25-14)12-3-1-2-4-13(12)18/h1-8H,9H2. The molecule has 0 atom stereocenters. The van der Waals surface area contributed by atoms with Crippen LogP contribution in [0.25, 0.3) is 17.1 Å². The fourth-order valence-corrected chi connectivity index (χ4v) is 3.27. The minimum absolute atomic E-state index is 0.378. The van der Waals surface area contributed by atoms with Crippen molar-refractivity contribution in [3.8, 4) is 17.1 Å². The highest BCUT2D eigenvalue weighted by Gasteiger charge is 2.14. The highest BCUT2D eigenvalue weighted by molar-refractivity contribution is 7.98. The van der Waals surface area contributed by atoms with Gasteiger partial charge in [0.05, 0.1) is 22.0 Å². The minimum Gasteiger partial charge on any atom is -0.420 e. The molecule has 2 heterocycles. The van der Waals surface area contributed by atoms with E-state index in [0.717, 1.165) is 5.69 Å². The summed E-state index contributed by atoms with van der Waals surface area (Å²) in [7, 11) is 0. The Morgan fingerprint density at radius 1 is 0.962 bits per heavy atom. The van der Waals surface area contributed by atoms with Crippen molar-refractivity contribution < 1.29 is 4.42 Å². The summed E-state index contributed by atoms with van der Waals surface area (Å²) in [5, 5.41) is 21.7. The number of hydrogen-bond acceptors (Lipinski definition) is 7. The number of aromatic nitrogens is 6. The van der Waals surface area contributed by atoms with Gasteiger partial charge in [-0.2, -0.15) is 4.68 Å². The van der Waals surface area contributed by atoms with Gasteiger partial charge in [0.25, 0.3) is 0 Å². The number of thioether (sulfide) groups is 1. The van der Waals surface area contributed by atoms with Gasteiger partial charge < -0.3 is 4.42 Å². The molecule has 2 aromatic heterocycles. The van der Waals surface area contributed by atoms with Crippen LogP contribution >= 0.6 is 35.0 Å². The van der Waals surface area contributed by atoms with E-state index < -0.39 is 0 Å². The topological polar surface area (TPSA) is 82.5 Å². The van der Waals surface area contributed by atoms with E-state index in [9.17, 15) is 0 Å². The summed E-state index contributed by atoms with van der Waals surface area (Å²) in [5.74, 6) is 1.25. The molecule has 2 aromatic carbocycles. The molecule has 0 saturated carbocycles. The molecule has 0 unspecified atom stereocenters. The van der Waals surface area contributed by atoms with Gasteiger partial charge in [0.2, 0.25) is 16.9 Å². The second-order valence-electron chi connectivity index (χ2n) is 5.12. The van der Waals surface area contributed by atoms with Crippen LogP contribution < -0.4 is 0 Å². The molecular formula is C16H10Cl2N6OS. The van der Waals surface area contributed by atoms with E-state index in [1.54, 1.807) is 22.9 Å². The first-order valence-corrected chi connectivity index (χ1v) is 9.19. The van der Waals surface area contributed by atoms with Crippen molar-refractivity contribution in [2.24, 2.45) is 0 Å². The summed E-state index contributed by atoms with van der Waals surface area (Å²) in [6.45, 7) is 0. The molecule has 10 heteroatoms. The second-order valence-corrected chi connectivity index (χ2v) is 6.91. The first-order valence-electron chi connectivity index (χ1n) is 7.45. The predicted octanol–water partition coefficient (Wildman–Crippen LogP) is 4.31. The van der Waals surface area contributed by atoms with Gasteiger partial charge in [-0.1, -0.05) is 47.1 Å². The molecular weight excluding hydrogens is 395 g/mol. The molecule has 0 saturated heterocycles. The van der Waals surface area contributed by atoms with Crippen LogP contribution in [0, 0.1) is 0 Å². The van der Waals surface area contributed by atoms with Gasteiger partial charge in [0.15, 0.2) is 0 Å². The van der Waals surface area contributed by atoms with E-state index in [2.05, 4.69) is 25.7 Å². The van der Waals surface area contributed by atoms with E-state index in [-0.39, 0.29) is 0 Å². The van der Waals surface area contributed by atoms with Crippen molar-refractivity contribution >= 4 is 35.0 Å². The lowest BCUT2D eigenvalue weighted by molar-refractivity contribution is 0.528. The molecule has 0 bridgehead atoms. The fourth-order valence-electron chi connectivity index (χ4n) is 2.19. The molecule has 0 aliphatic carbocycles. The summed E-state index contributed by atoms with van der Waals surface area (Å²) in [6, 6.07) is 14.5. The quantitative estimate of drug-likeness (QED) is 0.458. The Hall–Kier alpha value is -2.42. The van der Waals surface area contributed by atoms with Crippen LogP contribution in [-0.2, 0) is 5.75 Å². The number of tetrazole rings is 1. The van der Waals surface area contributed by atoms with Crippen molar-refractivity contribution in [2.45, 2.75) is 10.9 Å². The van der Waals surface area contributed by atoms with Crippen molar-refractivity contribution in [1.29, 1.82) is 0 Å². The van der Waals surface area contributed by atoms with Gasteiger partial charge in [-0.25, -0.2) is 0 Å². The highest BCUT2D eigenvalue weighted by Crippen LogP contribution is 2.28. The van der Waals surface area contributed by atoms with Gasteiger partial charge in [0.1, 0.15) is 0 Å². The van der Waals surface area contributed by atoms with Crippen molar-refractivity contribution in [3.05, 3.63) is 64.5 Å². The molecule has 4 aromatic rings. The maximum Gasteiger partial charge on any atom is 0.249 e. The molecule has 7 nitrogen and oxygen atoms in total. The molecule has 0 amide bonds. The molecule has 0 fully saturated rings. The van der Waals surface area contributed by atoms with Gasteiger partial charge in [-0.3, -0.25) is 0 Å². The lowest BCUT2D eigenvalue weighted by Gasteiger charge is -2.03. The molecule has 0 radical (unpaired) electrons. The normalized spacial score (nSPS) is 11.0. The van der Waals surface area contributed by atoms with Crippen LogP contribution in [0.3, 0.4) is 0 Å². The van der Waals surface area contributed by atoms with E-state index in [0.29, 0.717) is 38.3 Å². The number of halogens is 2. The number of hydrogen-bond donors (Lipinski definition) is 0. The third-order valence-corrected chi connectivity index (χ3v) is 4.89. The van der Waals surface area contributed by atoms with Crippen LogP contribution in [0.15, 0.2) is 58.1 Å². The minimum atomic E-state index is 0.378. The van der Waals surface area contributed by atoms with Gasteiger partial charge in [0, 0.05) is 5.02 Å². The maximum atomic E-state index is 6.15.